The minimum atomic E-state index is -0.855. The number of carbonyl (C=O) groups is 2. The molecule has 0 fully saturated rings. The summed E-state index contributed by atoms with van der Waals surface area (Å²) in [4.78, 5) is 22.0. The standard InChI is InChI=1S/C32H40O7S/c1-23-21-40-22-29(23)26-17-24(20-37-2)18-27(19-26)38-15-6-4-3-5-9-25-10-7-11-30(28(25)13-14-32(35)36)39-16-8-12-31(33)34/h7,10-11,17-19,21-22H,3-6,8-9,12-16,20H2,1-2H3,(H,33,34)(H,35,36). The van der Waals surface area contributed by atoms with E-state index in [9.17, 15) is 14.7 Å². The van der Waals surface area contributed by atoms with Gasteiger partial charge in [0.05, 0.1) is 19.8 Å². The highest BCUT2D eigenvalue weighted by Gasteiger charge is 2.12. The molecule has 0 amide bonds. The number of benzene rings is 2. The average molecular weight is 569 g/mol. The van der Waals surface area contributed by atoms with Crippen LogP contribution in [0.3, 0.4) is 0 Å². The minimum Gasteiger partial charge on any atom is -0.494 e. The molecule has 0 aliphatic carbocycles. The molecule has 216 valence electrons. The van der Waals surface area contributed by atoms with E-state index < -0.39 is 11.9 Å². The summed E-state index contributed by atoms with van der Waals surface area (Å²) >= 11 is 1.70. The second-order valence-electron chi connectivity index (χ2n) is 9.91. The first-order valence-electron chi connectivity index (χ1n) is 13.8. The van der Waals surface area contributed by atoms with Gasteiger partial charge in [-0.25, -0.2) is 0 Å². The SMILES string of the molecule is COCc1cc(OCCCCCCc2cccc(OCCCC(=O)O)c2CCC(=O)O)cc(-c2cscc2C)c1. The third-order valence-corrected chi connectivity index (χ3v) is 7.53. The van der Waals surface area contributed by atoms with E-state index >= 15 is 0 Å². The van der Waals surface area contributed by atoms with Crippen LogP contribution in [0, 0.1) is 6.92 Å². The highest BCUT2D eigenvalue weighted by atomic mass is 32.1. The van der Waals surface area contributed by atoms with E-state index in [1.54, 1.807) is 18.4 Å². The van der Waals surface area contributed by atoms with Gasteiger partial charge in [-0.15, -0.1) is 0 Å². The van der Waals surface area contributed by atoms with Crippen LogP contribution in [0.4, 0.5) is 0 Å². The first-order chi connectivity index (χ1) is 19.4. The zero-order valence-corrected chi connectivity index (χ0v) is 24.3. The Morgan fingerprint density at radius 1 is 0.850 bits per heavy atom. The number of methoxy groups -OCH3 is 1. The van der Waals surface area contributed by atoms with Crippen LogP contribution in [0.1, 0.15) is 67.2 Å². The monoisotopic (exact) mass is 568 g/mol. The van der Waals surface area contributed by atoms with Crippen LogP contribution in [0.5, 0.6) is 11.5 Å². The number of aryl methyl sites for hydroxylation is 2. The van der Waals surface area contributed by atoms with Crippen molar-refractivity contribution in [3.8, 4) is 22.6 Å². The molecule has 0 aliphatic rings. The molecule has 0 radical (unpaired) electrons. The van der Waals surface area contributed by atoms with E-state index in [2.05, 4.69) is 29.8 Å². The molecule has 3 aromatic rings. The summed E-state index contributed by atoms with van der Waals surface area (Å²) in [5.41, 5.74) is 6.73. The van der Waals surface area contributed by atoms with Crippen LogP contribution >= 0.6 is 11.3 Å². The molecule has 40 heavy (non-hydrogen) atoms. The molecular weight excluding hydrogens is 528 g/mol. The Morgan fingerprint density at radius 3 is 2.35 bits per heavy atom. The third-order valence-electron chi connectivity index (χ3n) is 6.66. The second-order valence-corrected chi connectivity index (χ2v) is 10.7. The number of aliphatic carboxylic acids is 2. The summed E-state index contributed by atoms with van der Waals surface area (Å²) < 4.78 is 17.3. The molecule has 8 heteroatoms. The number of hydrogen-bond acceptors (Lipinski definition) is 6. The molecule has 2 N–H and O–H groups in total. The molecule has 0 atom stereocenters. The van der Waals surface area contributed by atoms with Crippen LogP contribution in [0.25, 0.3) is 11.1 Å². The molecule has 2 aromatic carbocycles. The molecule has 7 nitrogen and oxygen atoms in total. The zero-order valence-electron chi connectivity index (χ0n) is 23.4. The van der Waals surface area contributed by atoms with Crippen molar-refractivity contribution in [2.75, 3.05) is 20.3 Å². The normalized spacial score (nSPS) is 10.9. The maximum atomic E-state index is 11.2. The molecule has 3 rings (SSSR count). The van der Waals surface area contributed by atoms with Gasteiger partial charge in [0.15, 0.2) is 0 Å². The Hall–Kier alpha value is -3.36. The van der Waals surface area contributed by atoms with E-state index in [-0.39, 0.29) is 12.8 Å². The third kappa shape index (κ3) is 10.3. The second kappa shape index (κ2) is 16.7. The number of carboxylic acid groups (broad SMARTS) is 2. The lowest BCUT2D eigenvalue weighted by Gasteiger charge is -2.15. The Balaban J connectivity index is 1.49. The van der Waals surface area contributed by atoms with E-state index in [0.717, 1.165) is 60.1 Å². The summed E-state index contributed by atoms with van der Waals surface area (Å²) in [5.74, 6) is -0.188. The highest BCUT2D eigenvalue weighted by molar-refractivity contribution is 7.08. The van der Waals surface area contributed by atoms with Gasteiger partial charge in [0, 0.05) is 20.0 Å². The number of thiophene rings is 1. The molecule has 1 heterocycles. The molecule has 0 bridgehead atoms. The molecule has 0 saturated heterocycles. The van der Waals surface area contributed by atoms with Crippen molar-refractivity contribution < 1.29 is 34.0 Å². The Labute approximate surface area is 240 Å². The average Bonchev–Trinajstić information content (AvgIpc) is 3.35. The summed E-state index contributed by atoms with van der Waals surface area (Å²) in [6.07, 6.45) is 5.70. The molecular formula is C32H40O7S. The summed E-state index contributed by atoms with van der Waals surface area (Å²) in [7, 11) is 1.70. The Bertz CT molecular complexity index is 1230. The smallest absolute Gasteiger partial charge is 0.303 e. The van der Waals surface area contributed by atoms with Crippen LogP contribution in [-0.2, 0) is 33.8 Å². The summed E-state index contributed by atoms with van der Waals surface area (Å²) in [5, 5.41) is 22.4. The topological polar surface area (TPSA) is 102 Å². The van der Waals surface area contributed by atoms with Gasteiger partial charge < -0.3 is 24.4 Å². The minimum absolute atomic E-state index is 0.0269. The summed E-state index contributed by atoms with van der Waals surface area (Å²) in [6, 6.07) is 12.1. The van der Waals surface area contributed by atoms with Crippen molar-refractivity contribution in [2.24, 2.45) is 0 Å². The van der Waals surface area contributed by atoms with Gasteiger partial charge in [0.25, 0.3) is 0 Å². The molecule has 0 saturated carbocycles. The van der Waals surface area contributed by atoms with Gasteiger partial charge in [-0.3, -0.25) is 9.59 Å². The maximum absolute atomic E-state index is 11.2. The van der Waals surface area contributed by atoms with Gasteiger partial charge in [-0.1, -0.05) is 25.0 Å². The number of rotatable bonds is 19. The van der Waals surface area contributed by atoms with Crippen molar-refractivity contribution in [1.29, 1.82) is 0 Å². The first-order valence-corrected chi connectivity index (χ1v) is 14.8. The van der Waals surface area contributed by atoms with Crippen molar-refractivity contribution in [3.63, 3.8) is 0 Å². The van der Waals surface area contributed by atoms with Crippen LogP contribution < -0.4 is 9.47 Å². The van der Waals surface area contributed by atoms with Crippen molar-refractivity contribution in [3.05, 3.63) is 69.4 Å². The van der Waals surface area contributed by atoms with Crippen molar-refractivity contribution >= 4 is 23.3 Å². The lowest BCUT2D eigenvalue weighted by atomic mass is 9.97. The first kappa shape index (κ1) is 31.2. The lowest BCUT2D eigenvalue weighted by molar-refractivity contribution is -0.138. The quantitative estimate of drug-likeness (QED) is 0.146. The van der Waals surface area contributed by atoms with Gasteiger partial charge in [-0.05, 0) is 107 Å². The van der Waals surface area contributed by atoms with Crippen LogP contribution in [0.15, 0.2) is 47.2 Å². The molecule has 0 spiro atoms. The number of carboxylic acids is 2. The number of unbranched alkanes of at least 4 members (excludes halogenated alkanes) is 3. The van der Waals surface area contributed by atoms with Gasteiger partial charge in [0.2, 0.25) is 0 Å². The van der Waals surface area contributed by atoms with Crippen molar-refractivity contribution in [2.45, 2.75) is 71.3 Å². The van der Waals surface area contributed by atoms with Crippen molar-refractivity contribution in [1.82, 2.24) is 0 Å². The lowest BCUT2D eigenvalue weighted by Crippen LogP contribution is -2.07. The highest BCUT2D eigenvalue weighted by Crippen LogP contribution is 2.31. The van der Waals surface area contributed by atoms with Crippen LogP contribution in [0.2, 0.25) is 0 Å². The molecule has 0 aliphatic heterocycles. The fourth-order valence-corrected chi connectivity index (χ4v) is 5.53. The van der Waals surface area contributed by atoms with Gasteiger partial charge >= 0.3 is 11.9 Å². The summed E-state index contributed by atoms with van der Waals surface area (Å²) in [6.45, 7) is 3.59. The van der Waals surface area contributed by atoms with Gasteiger partial charge in [0.1, 0.15) is 11.5 Å². The number of ether oxygens (including phenoxy) is 3. The fourth-order valence-electron chi connectivity index (χ4n) is 4.67. The largest absolute Gasteiger partial charge is 0.494 e. The molecule has 0 unspecified atom stereocenters. The zero-order chi connectivity index (χ0) is 28.7. The predicted octanol–water partition coefficient (Wildman–Crippen LogP) is 7.31. The number of hydrogen-bond donors (Lipinski definition) is 2. The Kier molecular flexibility index (Phi) is 13.0. The predicted molar refractivity (Wildman–Crippen MR) is 158 cm³/mol. The fraction of sp³-hybridized carbons (Fsp3) is 0.438. The van der Waals surface area contributed by atoms with E-state index in [0.29, 0.717) is 38.4 Å². The van der Waals surface area contributed by atoms with E-state index in [1.807, 2.05) is 24.3 Å². The van der Waals surface area contributed by atoms with Gasteiger partial charge in [-0.2, -0.15) is 11.3 Å². The van der Waals surface area contributed by atoms with Crippen LogP contribution in [-0.4, -0.2) is 42.5 Å². The van der Waals surface area contributed by atoms with E-state index in [4.69, 9.17) is 19.3 Å². The molecule has 1 aromatic heterocycles. The van der Waals surface area contributed by atoms with E-state index in [1.165, 1.54) is 11.1 Å². The Morgan fingerprint density at radius 2 is 1.62 bits per heavy atom. The maximum Gasteiger partial charge on any atom is 0.303 e.